The van der Waals surface area contributed by atoms with Crippen LogP contribution >= 0.6 is 0 Å². The highest BCUT2D eigenvalue weighted by Crippen LogP contribution is 2.36. The van der Waals surface area contributed by atoms with Crippen molar-refractivity contribution in [3.63, 3.8) is 0 Å². The number of aliphatic carboxylic acids is 1. The molecule has 0 bridgehead atoms. The summed E-state index contributed by atoms with van der Waals surface area (Å²) < 4.78 is 16.6. The Morgan fingerprint density at radius 1 is 1.12 bits per heavy atom. The number of benzene rings is 2. The van der Waals surface area contributed by atoms with Crippen molar-refractivity contribution in [2.75, 3.05) is 14.2 Å². The van der Waals surface area contributed by atoms with Crippen LogP contribution in [0.5, 0.6) is 11.5 Å². The number of ether oxygens (including phenoxy) is 2. The lowest BCUT2D eigenvalue weighted by Gasteiger charge is -2.24. The van der Waals surface area contributed by atoms with Gasteiger partial charge in [0.1, 0.15) is 23.7 Å². The molecule has 33 heavy (non-hydrogen) atoms. The fraction of sp³-hybridized carbons (Fsp3) is 0.385. The van der Waals surface area contributed by atoms with E-state index in [0.29, 0.717) is 35.1 Å². The molecule has 0 aliphatic heterocycles. The summed E-state index contributed by atoms with van der Waals surface area (Å²) in [6, 6.07) is 13.9. The molecule has 2 atom stereocenters. The Bertz CT molecular complexity index is 1020. The molecular weight excluding hydrogens is 422 g/mol. The Morgan fingerprint density at radius 2 is 1.79 bits per heavy atom. The van der Waals surface area contributed by atoms with Crippen LogP contribution in [0.3, 0.4) is 0 Å². The molecule has 1 unspecified atom stereocenters. The van der Waals surface area contributed by atoms with Crippen LogP contribution in [0.1, 0.15) is 47.3 Å². The van der Waals surface area contributed by atoms with Crippen molar-refractivity contribution in [1.82, 2.24) is 4.98 Å². The van der Waals surface area contributed by atoms with Crippen molar-refractivity contribution in [1.29, 1.82) is 0 Å². The number of hydrogen-bond donors (Lipinski definition) is 2. The zero-order chi connectivity index (χ0) is 23.8. The van der Waals surface area contributed by atoms with E-state index in [9.17, 15) is 9.90 Å². The van der Waals surface area contributed by atoms with E-state index < -0.39 is 12.1 Å². The summed E-state index contributed by atoms with van der Waals surface area (Å²) in [6.07, 6.45) is 3.28. The second kappa shape index (κ2) is 11.5. The van der Waals surface area contributed by atoms with E-state index in [-0.39, 0.29) is 12.3 Å². The maximum absolute atomic E-state index is 11.3. The molecule has 7 nitrogen and oxygen atoms in total. The van der Waals surface area contributed by atoms with Gasteiger partial charge in [-0.25, -0.2) is 4.98 Å². The number of nitrogens with zero attached hydrogens (tertiary/aromatic N) is 1. The molecule has 3 aromatic rings. The molecule has 0 amide bonds. The number of aromatic nitrogens is 1. The Labute approximate surface area is 194 Å². The number of aliphatic hydroxyl groups is 1. The van der Waals surface area contributed by atoms with E-state index >= 15 is 0 Å². The number of carboxylic acid groups (broad SMARTS) is 1. The van der Waals surface area contributed by atoms with E-state index in [1.807, 2.05) is 37.3 Å². The third kappa shape index (κ3) is 6.58. The van der Waals surface area contributed by atoms with Gasteiger partial charge in [-0.15, -0.1) is 0 Å². The fourth-order valence-electron chi connectivity index (χ4n) is 4.03. The predicted octanol–water partition coefficient (Wildman–Crippen LogP) is 4.54. The normalized spacial score (nSPS) is 12.8. The second-order valence-corrected chi connectivity index (χ2v) is 8.13. The van der Waals surface area contributed by atoms with E-state index in [1.165, 1.54) is 11.8 Å². The molecule has 1 aromatic heterocycles. The van der Waals surface area contributed by atoms with Crippen LogP contribution in [-0.4, -0.2) is 35.4 Å². The van der Waals surface area contributed by atoms with Crippen LogP contribution in [0.4, 0.5) is 0 Å². The van der Waals surface area contributed by atoms with Gasteiger partial charge in [0.05, 0.1) is 26.5 Å². The molecule has 2 aromatic carbocycles. The van der Waals surface area contributed by atoms with E-state index in [4.69, 9.17) is 19.0 Å². The molecule has 0 saturated heterocycles. The van der Waals surface area contributed by atoms with Crippen LogP contribution < -0.4 is 9.47 Å². The second-order valence-electron chi connectivity index (χ2n) is 8.13. The molecule has 1 heterocycles. The molecule has 2 N–H and O–H groups in total. The average Bonchev–Trinajstić information content (AvgIpc) is 3.24. The zero-order valence-electron chi connectivity index (χ0n) is 19.3. The summed E-state index contributed by atoms with van der Waals surface area (Å²) >= 11 is 0. The number of hydrogen-bond acceptors (Lipinski definition) is 6. The van der Waals surface area contributed by atoms with Crippen molar-refractivity contribution < 1.29 is 28.9 Å². The molecule has 7 heteroatoms. The predicted molar refractivity (Wildman–Crippen MR) is 124 cm³/mol. The first-order valence-corrected chi connectivity index (χ1v) is 11.0. The SMILES string of the molecule is COc1cc(C(O)[C@H](CCCc2ccccc2)Cc2ncc(CC(=O)O)o2)cc(OC)c1C. The van der Waals surface area contributed by atoms with Crippen LogP contribution in [0.25, 0.3) is 0 Å². The first kappa shape index (κ1) is 24.3. The first-order chi connectivity index (χ1) is 15.9. The van der Waals surface area contributed by atoms with Gasteiger partial charge in [0.2, 0.25) is 0 Å². The smallest absolute Gasteiger partial charge is 0.311 e. The highest BCUT2D eigenvalue weighted by molar-refractivity contribution is 5.69. The van der Waals surface area contributed by atoms with Gasteiger partial charge >= 0.3 is 5.97 Å². The highest BCUT2D eigenvalue weighted by atomic mass is 16.5. The minimum absolute atomic E-state index is 0.192. The van der Waals surface area contributed by atoms with Crippen molar-refractivity contribution in [3.8, 4) is 11.5 Å². The Kier molecular flexibility index (Phi) is 8.49. The van der Waals surface area contributed by atoms with E-state index in [1.54, 1.807) is 14.2 Å². The number of methoxy groups -OCH3 is 2. The number of rotatable bonds is 12. The first-order valence-electron chi connectivity index (χ1n) is 11.0. The van der Waals surface area contributed by atoms with Gasteiger partial charge in [0.25, 0.3) is 0 Å². The highest BCUT2D eigenvalue weighted by Gasteiger charge is 2.25. The van der Waals surface area contributed by atoms with Crippen LogP contribution in [-0.2, 0) is 24.1 Å². The third-order valence-electron chi connectivity index (χ3n) is 5.81. The maximum atomic E-state index is 11.3. The van der Waals surface area contributed by atoms with Gasteiger partial charge in [0, 0.05) is 12.0 Å². The van der Waals surface area contributed by atoms with Gasteiger partial charge in [0.15, 0.2) is 5.89 Å². The van der Waals surface area contributed by atoms with Crippen molar-refractivity contribution in [2.45, 2.75) is 45.1 Å². The Balaban J connectivity index is 1.81. The van der Waals surface area contributed by atoms with Crippen LogP contribution in [0.2, 0.25) is 0 Å². The van der Waals surface area contributed by atoms with Crippen molar-refractivity contribution >= 4 is 5.97 Å². The summed E-state index contributed by atoms with van der Waals surface area (Å²) in [4.78, 5) is 15.2. The number of oxazole rings is 1. The van der Waals surface area contributed by atoms with Gasteiger partial charge in [-0.05, 0) is 55.4 Å². The number of carbonyl (C=O) groups is 1. The maximum Gasteiger partial charge on any atom is 0.311 e. The van der Waals surface area contributed by atoms with Gasteiger partial charge in [-0.2, -0.15) is 0 Å². The van der Waals surface area contributed by atoms with Crippen LogP contribution in [0, 0.1) is 12.8 Å². The van der Waals surface area contributed by atoms with Gasteiger partial charge in [-0.3, -0.25) is 4.79 Å². The topological polar surface area (TPSA) is 102 Å². The number of aryl methyl sites for hydroxylation is 1. The lowest BCUT2D eigenvalue weighted by Crippen LogP contribution is -2.17. The standard InChI is InChI=1S/C26H31NO6/c1-17-22(31-2)12-20(13-23(17)32-3)26(30)19(11-7-10-18-8-5-4-6-9-18)14-24-27-16-21(33-24)15-25(28)29/h4-6,8-9,12-13,16,19,26,30H,7,10-11,14-15H2,1-3H3,(H,28,29)/t19-,26?/m1/s1. The lowest BCUT2D eigenvalue weighted by atomic mass is 9.87. The minimum atomic E-state index is -0.976. The fourth-order valence-corrected chi connectivity index (χ4v) is 4.03. The quantitative estimate of drug-likeness (QED) is 0.415. The molecule has 0 saturated carbocycles. The average molecular weight is 454 g/mol. The third-order valence-corrected chi connectivity index (χ3v) is 5.81. The number of carboxylic acids is 1. The summed E-state index contributed by atoms with van der Waals surface area (Å²) in [6.45, 7) is 1.90. The largest absolute Gasteiger partial charge is 0.496 e. The van der Waals surface area contributed by atoms with Crippen LogP contribution in [0.15, 0.2) is 53.1 Å². The minimum Gasteiger partial charge on any atom is -0.496 e. The molecule has 0 aliphatic rings. The van der Waals surface area contributed by atoms with E-state index in [2.05, 4.69) is 17.1 Å². The molecule has 3 rings (SSSR count). The zero-order valence-corrected chi connectivity index (χ0v) is 19.3. The monoisotopic (exact) mass is 453 g/mol. The summed E-state index contributed by atoms with van der Waals surface area (Å²) in [5, 5.41) is 20.3. The molecule has 0 radical (unpaired) electrons. The lowest BCUT2D eigenvalue weighted by molar-refractivity contribution is -0.136. The number of aliphatic hydroxyl groups excluding tert-OH is 1. The summed E-state index contributed by atoms with van der Waals surface area (Å²) in [7, 11) is 3.18. The van der Waals surface area contributed by atoms with Gasteiger partial charge in [-0.1, -0.05) is 30.3 Å². The Morgan fingerprint density at radius 3 is 2.39 bits per heavy atom. The Hall–Kier alpha value is -3.32. The van der Waals surface area contributed by atoms with Gasteiger partial charge < -0.3 is 24.1 Å². The molecule has 0 fully saturated rings. The molecule has 176 valence electrons. The summed E-state index contributed by atoms with van der Waals surface area (Å²) in [5.74, 6) is 0.838. The van der Waals surface area contributed by atoms with Crippen molar-refractivity contribution in [3.05, 3.63) is 77.0 Å². The molecule has 0 spiro atoms. The molecule has 0 aliphatic carbocycles. The van der Waals surface area contributed by atoms with E-state index in [0.717, 1.165) is 24.8 Å². The summed E-state index contributed by atoms with van der Waals surface area (Å²) in [5.41, 5.74) is 2.79. The van der Waals surface area contributed by atoms with Crippen molar-refractivity contribution in [2.24, 2.45) is 5.92 Å². The molecular formula is C26H31NO6.